The number of anilines is 1. The minimum absolute atomic E-state index is 0. The SMILES string of the molecule is Cc1ccc(-c2nc(N3CCN(C)CC3)c3ccccc3n2)cc1.[Cl-]. The molecule has 1 aliphatic rings. The highest BCUT2D eigenvalue weighted by Gasteiger charge is 2.19. The third-order valence-corrected chi connectivity index (χ3v) is 4.70. The molecule has 0 atom stereocenters. The van der Waals surface area contributed by atoms with Crippen LogP contribution < -0.4 is 17.3 Å². The number of fused-ring (bicyclic) bond motifs is 1. The van der Waals surface area contributed by atoms with E-state index in [9.17, 15) is 0 Å². The lowest BCUT2D eigenvalue weighted by Crippen LogP contribution is -3.00. The van der Waals surface area contributed by atoms with Crippen molar-refractivity contribution < 1.29 is 12.4 Å². The van der Waals surface area contributed by atoms with Gasteiger partial charge in [0.2, 0.25) is 0 Å². The number of para-hydroxylation sites is 1. The number of aromatic nitrogens is 2. The molecule has 1 fully saturated rings. The van der Waals surface area contributed by atoms with Gasteiger partial charge < -0.3 is 22.2 Å². The van der Waals surface area contributed by atoms with Crippen LogP contribution in [0.2, 0.25) is 0 Å². The van der Waals surface area contributed by atoms with Crippen LogP contribution in [0, 0.1) is 6.92 Å². The van der Waals surface area contributed by atoms with Crippen molar-refractivity contribution in [2.45, 2.75) is 6.92 Å². The summed E-state index contributed by atoms with van der Waals surface area (Å²) in [6.45, 7) is 6.24. The van der Waals surface area contributed by atoms with Crippen molar-refractivity contribution in [1.82, 2.24) is 14.9 Å². The monoisotopic (exact) mass is 353 g/mol. The first-order valence-corrected chi connectivity index (χ1v) is 8.48. The van der Waals surface area contributed by atoms with E-state index in [1.54, 1.807) is 0 Å². The number of hydrogen-bond donors (Lipinski definition) is 0. The van der Waals surface area contributed by atoms with E-state index in [-0.39, 0.29) is 12.4 Å². The third-order valence-electron chi connectivity index (χ3n) is 4.70. The van der Waals surface area contributed by atoms with Gasteiger partial charge in [-0.2, -0.15) is 0 Å². The molecule has 1 saturated heterocycles. The summed E-state index contributed by atoms with van der Waals surface area (Å²) in [7, 11) is 2.17. The van der Waals surface area contributed by atoms with Gasteiger partial charge in [0.25, 0.3) is 0 Å². The second kappa shape index (κ2) is 7.38. The summed E-state index contributed by atoms with van der Waals surface area (Å²) in [6, 6.07) is 16.8. The normalized spacial score (nSPS) is 15.2. The predicted molar refractivity (Wildman–Crippen MR) is 99.4 cm³/mol. The lowest BCUT2D eigenvalue weighted by Gasteiger charge is -2.33. The number of halogens is 1. The maximum Gasteiger partial charge on any atom is 0.162 e. The van der Waals surface area contributed by atoms with Gasteiger partial charge in [-0.1, -0.05) is 42.0 Å². The maximum atomic E-state index is 4.95. The Bertz CT molecular complexity index is 855. The first kappa shape index (κ1) is 17.6. The number of aryl methyl sites for hydroxylation is 1. The van der Waals surface area contributed by atoms with Gasteiger partial charge in [0.15, 0.2) is 5.82 Å². The molecule has 0 bridgehead atoms. The largest absolute Gasteiger partial charge is 1.00 e. The fourth-order valence-corrected chi connectivity index (χ4v) is 3.15. The van der Waals surface area contributed by atoms with Gasteiger partial charge in [-0.3, -0.25) is 0 Å². The average Bonchev–Trinajstić information content (AvgIpc) is 2.62. The van der Waals surface area contributed by atoms with E-state index in [0.717, 1.165) is 54.3 Å². The molecule has 0 N–H and O–H groups in total. The van der Waals surface area contributed by atoms with Crippen LogP contribution >= 0.6 is 0 Å². The summed E-state index contributed by atoms with van der Waals surface area (Å²) in [5, 5.41) is 1.14. The lowest BCUT2D eigenvalue weighted by atomic mass is 10.1. The summed E-state index contributed by atoms with van der Waals surface area (Å²) < 4.78 is 0. The Labute approximate surface area is 154 Å². The zero-order chi connectivity index (χ0) is 16.5. The van der Waals surface area contributed by atoms with Gasteiger partial charge in [-0.05, 0) is 26.1 Å². The number of piperazine rings is 1. The topological polar surface area (TPSA) is 32.3 Å². The molecule has 0 amide bonds. The number of likely N-dealkylation sites (N-methyl/N-ethyl adjacent to an activating group) is 1. The molecule has 1 aromatic heterocycles. The molecule has 5 heteroatoms. The van der Waals surface area contributed by atoms with E-state index in [1.807, 2.05) is 6.07 Å². The Morgan fingerprint density at radius 2 is 1.52 bits per heavy atom. The van der Waals surface area contributed by atoms with Crippen molar-refractivity contribution in [1.29, 1.82) is 0 Å². The van der Waals surface area contributed by atoms with Gasteiger partial charge in [-0.15, -0.1) is 0 Å². The highest BCUT2D eigenvalue weighted by molar-refractivity contribution is 5.91. The molecule has 1 aliphatic heterocycles. The highest BCUT2D eigenvalue weighted by atomic mass is 35.5. The molecule has 0 radical (unpaired) electrons. The molecule has 0 saturated carbocycles. The van der Waals surface area contributed by atoms with Crippen molar-refractivity contribution in [2.75, 3.05) is 38.1 Å². The minimum Gasteiger partial charge on any atom is -1.00 e. The molecule has 3 aromatic rings. The van der Waals surface area contributed by atoms with Crippen LogP contribution in [0.1, 0.15) is 5.56 Å². The Morgan fingerprint density at radius 1 is 0.840 bits per heavy atom. The zero-order valence-corrected chi connectivity index (χ0v) is 15.4. The highest BCUT2D eigenvalue weighted by Crippen LogP contribution is 2.28. The molecule has 2 aromatic carbocycles. The van der Waals surface area contributed by atoms with Crippen LogP contribution in [-0.2, 0) is 0 Å². The molecule has 0 aliphatic carbocycles. The van der Waals surface area contributed by atoms with E-state index in [2.05, 4.69) is 66.2 Å². The van der Waals surface area contributed by atoms with E-state index in [0.29, 0.717) is 0 Å². The standard InChI is InChI=1S/C20H22N4.ClH/c1-15-7-9-16(10-8-15)19-21-18-6-4-3-5-17(18)20(22-19)24-13-11-23(2)12-14-24;/h3-10H,11-14H2,1-2H3;1H/p-1. The van der Waals surface area contributed by atoms with Gasteiger partial charge in [0, 0.05) is 37.1 Å². The first-order chi connectivity index (χ1) is 11.7. The molecule has 2 heterocycles. The van der Waals surface area contributed by atoms with Crippen LogP contribution in [0.3, 0.4) is 0 Å². The van der Waals surface area contributed by atoms with Gasteiger partial charge >= 0.3 is 0 Å². The molecule has 25 heavy (non-hydrogen) atoms. The number of rotatable bonds is 2. The Balaban J connectivity index is 0.00000182. The van der Waals surface area contributed by atoms with E-state index in [4.69, 9.17) is 9.97 Å². The fraction of sp³-hybridized carbons (Fsp3) is 0.300. The van der Waals surface area contributed by atoms with E-state index in [1.165, 1.54) is 5.56 Å². The predicted octanol–water partition coefficient (Wildman–Crippen LogP) is 0.361. The second-order valence-electron chi connectivity index (χ2n) is 6.54. The first-order valence-electron chi connectivity index (χ1n) is 8.48. The van der Waals surface area contributed by atoms with Crippen LogP contribution in [-0.4, -0.2) is 48.1 Å². The molecule has 4 rings (SSSR count). The van der Waals surface area contributed by atoms with Gasteiger partial charge in [0.1, 0.15) is 5.82 Å². The summed E-state index contributed by atoms with van der Waals surface area (Å²) in [6.07, 6.45) is 0. The van der Waals surface area contributed by atoms with Crippen molar-refractivity contribution in [3.63, 3.8) is 0 Å². The van der Waals surface area contributed by atoms with Gasteiger partial charge in [0.05, 0.1) is 5.52 Å². The van der Waals surface area contributed by atoms with Crippen LogP contribution in [0.5, 0.6) is 0 Å². The molecular weight excluding hydrogens is 332 g/mol. The smallest absolute Gasteiger partial charge is 0.162 e. The van der Waals surface area contributed by atoms with Gasteiger partial charge in [-0.25, -0.2) is 9.97 Å². The third kappa shape index (κ3) is 3.60. The Morgan fingerprint density at radius 3 is 2.24 bits per heavy atom. The minimum atomic E-state index is 0. The summed E-state index contributed by atoms with van der Waals surface area (Å²) in [4.78, 5) is 14.5. The molecule has 0 unspecified atom stereocenters. The lowest BCUT2D eigenvalue weighted by molar-refractivity contribution is -0.00000500. The van der Waals surface area contributed by atoms with Crippen molar-refractivity contribution in [2.24, 2.45) is 0 Å². The number of hydrogen-bond acceptors (Lipinski definition) is 4. The fourth-order valence-electron chi connectivity index (χ4n) is 3.15. The summed E-state index contributed by atoms with van der Waals surface area (Å²) in [5.41, 5.74) is 3.33. The zero-order valence-electron chi connectivity index (χ0n) is 14.6. The number of benzene rings is 2. The van der Waals surface area contributed by atoms with Crippen molar-refractivity contribution in [3.8, 4) is 11.4 Å². The molecular formula is C20H22ClN4-. The van der Waals surface area contributed by atoms with Crippen LogP contribution in [0.4, 0.5) is 5.82 Å². The van der Waals surface area contributed by atoms with Crippen LogP contribution in [0.15, 0.2) is 48.5 Å². The quantitative estimate of drug-likeness (QED) is 0.666. The van der Waals surface area contributed by atoms with Crippen molar-refractivity contribution in [3.05, 3.63) is 54.1 Å². The number of nitrogens with zero attached hydrogens (tertiary/aromatic N) is 4. The van der Waals surface area contributed by atoms with E-state index >= 15 is 0 Å². The van der Waals surface area contributed by atoms with Crippen LogP contribution in [0.25, 0.3) is 22.3 Å². The Hall–Kier alpha value is -2.17. The maximum absolute atomic E-state index is 4.95. The average molecular weight is 354 g/mol. The summed E-state index contributed by atoms with van der Waals surface area (Å²) >= 11 is 0. The van der Waals surface area contributed by atoms with E-state index < -0.39 is 0 Å². The summed E-state index contributed by atoms with van der Waals surface area (Å²) in [5.74, 6) is 1.87. The molecule has 4 nitrogen and oxygen atoms in total. The molecule has 130 valence electrons. The molecule has 0 spiro atoms. The Kier molecular flexibility index (Phi) is 5.21. The van der Waals surface area contributed by atoms with Crippen molar-refractivity contribution >= 4 is 16.7 Å². The second-order valence-corrected chi connectivity index (χ2v) is 6.54.